The molecule has 2 rings (SSSR count). The van der Waals surface area contributed by atoms with Crippen molar-refractivity contribution in [1.82, 2.24) is 5.32 Å². The average Bonchev–Trinajstić information content (AvgIpc) is 3.21. The molecule has 0 bridgehead atoms. The number of hydrogen-bond acceptors (Lipinski definition) is 2. The molecular weight excluding hydrogens is 241 g/mol. The van der Waals surface area contributed by atoms with Gasteiger partial charge in [-0.15, -0.1) is 0 Å². The van der Waals surface area contributed by atoms with Crippen LogP contribution >= 0.6 is 0 Å². The summed E-state index contributed by atoms with van der Waals surface area (Å²) in [5.74, 6) is 0.869. The van der Waals surface area contributed by atoms with Gasteiger partial charge in [0.2, 0.25) is 0 Å². The Labute approximate surface area is 115 Å². The quantitative estimate of drug-likeness (QED) is 0.780. The fraction of sp³-hybridized carbons (Fsp3) is 0.625. The van der Waals surface area contributed by atoms with Crippen LogP contribution < -0.4 is 5.32 Å². The van der Waals surface area contributed by atoms with E-state index in [2.05, 4.69) is 12.2 Å². The summed E-state index contributed by atoms with van der Waals surface area (Å²) in [7, 11) is 1.75. The zero-order valence-electron chi connectivity index (χ0n) is 11.9. The van der Waals surface area contributed by atoms with Crippen LogP contribution in [0.25, 0.3) is 0 Å². The molecule has 1 N–H and O–H groups in total. The van der Waals surface area contributed by atoms with Crippen LogP contribution in [0.1, 0.15) is 25.3 Å². The summed E-state index contributed by atoms with van der Waals surface area (Å²) in [5, 5.41) is 3.60. The van der Waals surface area contributed by atoms with Gasteiger partial charge in [-0.2, -0.15) is 0 Å². The van der Waals surface area contributed by atoms with Gasteiger partial charge < -0.3 is 10.1 Å². The summed E-state index contributed by atoms with van der Waals surface area (Å²) in [5.41, 5.74) is 1.20. The predicted molar refractivity (Wildman–Crippen MR) is 75.7 cm³/mol. The van der Waals surface area contributed by atoms with E-state index in [1.807, 2.05) is 12.1 Å². The number of hydrogen-bond donors (Lipinski definition) is 1. The lowest BCUT2D eigenvalue weighted by atomic mass is 9.88. The minimum Gasteiger partial charge on any atom is -0.384 e. The summed E-state index contributed by atoms with van der Waals surface area (Å²) in [6.07, 6.45) is 3.59. The van der Waals surface area contributed by atoms with E-state index in [0.29, 0.717) is 11.8 Å². The fourth-order valence-corrected chi connectivity index (χ4v) is 2.40. The van der Waals surface area contributed by atoms with Gasteiger partial charge in [0.15, 0.2) is 0 Å². The van der Waals surface area contributed by atoms with E-state index < -0.39 is 0 Å². The van der Waals surface area contributed by atoms with Crippen LogP contribution in [0.5, 0.6) is 0 Å². The van der Waals surface area contributed by atoms with E-state index in [1.54, 1.807) is 19.2 Å². The Morgan fingerprint density at radius 2 is 2.00 bits per heavy atom. The van der Waals surface area contributed by atoms with Crippen molar-refractivity contribution < 1.29 is 9.13 Å². The van der Waals surface area contributed by atoms with Crippen LogP contribution in [0.15, 0.2) is 24.3 Å². The van der Waals surface area contributed by atoms with E-state index in [4.69, 9.17) is 4.74 Å². The maximum Gasteiger partial charge on any atom is 0.123 e. The number of halogens is 1. The van der Waals surface area contributed by atoms with Gasteiger partial charge in [-0.3, -0.25) is 0 Å². The van der Waals surface area contributed by atoms with Crippen molar-refractivity contribution in [1.29, 1.82) is 0 Å². The van der Waals surface area contributed by atoms with Crippen molar-refractivity contribution in [2.75, 3.05) is 20.3 Å². The highest BCUT2D eigenvalue weighted by atomic mass is 19.1. The highest BCUT2D eigenvalue weighted by molar-refractivity contribution is 5.16. The molecule has 0 radical (unpaired) electrons. The van der Waals surface area contributed by atoms with Crippen molar-refractivity contribution in [3.05, 3.63) is 35.6 Å². The SMILES string of the molecule is COCC(C)C(CNC1CC1)Cc1ccc(F)cc1. The van der Waals surface area contributed by atoms with Crippen LogP contribution in [0.3, 0.4) is 0 Å². The smallest absolute Gasteiger partial charge is 0.123 e. The van der Waals surface area contributed by atoms with E-state index >= 15 is 0 Å². The third kappa shape index (κ3) is 4.92. The molecule has 2 atom stereocenters. The van der Waals surface area contributed by atoms with Gasteiger partial charge >= 0.3 is 0 Å². The van der Waals surface area contributed by atoms with Crippen LogP contribution in [-0.2, 0) is 11.2 Å². The first-order valence-electron chi connectivity index (χ1n) is 7.15. The lowest BCUT2D eigenvalue weighted by Gasteiger charge is -2.24. The molecule has 1 aromatic carbocycles. The van der Waals surface area contributed by atoms with Gasteiger partial charge in [0.25, 0.3) is 0 Å². The summed E-state index contributed by atoms with van der Waals surface area (Å²) in [6, 6.07) is 7.59. The van der Waals surface area contributed by atoms with Gasteiger partial charge in [0.1, 0.15) is 5.82 Å². The largest absolute Gasteiger partial charge is 0.384 e. The Bertz CT molecular complexity index is 375. The number of ether oxygens (including phenoxy) is 1. The number of nitrogens with one attached hydrogen (secondary N) is 1. The molecule has 1 fully saturated rings. The molecule has 2 nitrogen and oxygen atoms in total. The first-order chi connectivity index (χ1) is 9.19. The zero-order chi connectivity index (χ0) is 13.7. The average molecular weight is 265 g/mol. The van der Waals surface area contributed by atoms with E-state index in [9.17, 15) is 4.39 Å². The zero-order valence-corrected chi connectivity index (χ0v) is 11.9. The minimum absolute atomic E-state index is 0.165. The van der Waals surface area contributed by atoms with Crippen molar-refractivity contribution >= 4 is 0 Å². The minimum atomic E-state index is -0.165. The Balaban J connectivity index is 1.92. The molecule has 0 spiro atoms. The standard InChI is InChI=1S/C16H24FNO/c1-12(11-19-2)14(10-18-16-7-8-16)9-13-3-5-15(17)6-4-13/h3-6,12,14,16,18H,7-11H2,1-2H3. The molecular formula is C16H24FNO. The van der Waals surface area contributed by atoms with Crippen molar-refractivity contribution in [3.8, 4) is 0 Å². The molecule has 2 unspecified atom stereocenters. The van der Waals surface area contributed by atoms with Gasteiger partial charge in [0, 0.05) is 19.8 Å². The molecule has 0 aliphatic heterocycles. The second-order valence-corrected chi connectivity index (χ2v) is 5.71. The van der Waals surface area contributed by atoms with Gasteiger partial charge in [0.05, 0.1) is 0 Å². The Morgan fingerprint density at radius 3 is 2.58 bits per heavy atom. The number of rotatable bonds is 8. The number of methoxy groups -OCH3 is 1. The van der Waals surface area contributed by atoms with Crippen molar-refractivity contribution in [2.24, 2.45) is 11.8 Å². The van der Waals surface area contributed by atoms with Crippen molar-refractivity contribution in [2.45, 2.75) is 32.2 Å². The van der Waals surface area contributed by atoms with Crippen LogP contribution in [0.2, 0.25) is 0 Å². The van der Waals surface area contributed by atoms with Crippen molar-refractivity contribution in [3.63, 3.8) is 0 Å². The Kier molecular flexibility index (Phi) is 5.34. The Morgan fingerprint density at radius 1 is 1.32 bits per heavy atom. The van der Waals surface area contributed by atoms with Gasteiger partial charge in [-0.25, -0.2) is 4.39 Å². The summed E-state index contributed by atoms with van der Waals surface area (Å²) in [4.78, 5) is 0. The molecule has 106 valence electrons. The third-order valence-electron chi connectivity index (χ3n) is 3.89. The molecule has 0 aromatic heterocycles. The topological polar surface area (TPSA) is 21.3 Å². The summed E-state index contributed by atoms with van der Waals surface area (Å²) < 4.78 is 18.2. The van der Waals surface area contributed by atoms with Gasteiger partial charge in [-0.05, 0) is 55.3 Å². The molecule has 3 heteroatoms. The molecule has 1 aliphatic rings. The second kappa shape index (κ2) is 7.01. The maximum absolute atomic E-state index is 12.9. The molecule has 0 amide bonds. The molecule has 0 saturated heterocycles. The van der Waals surface area contributed by atoms with E-state index in [1.165, 1.54) is 18.4 Å². The van der Waals surface area contributed by atoms with Gasteiger partial charge in [-0.1, -0.05) is 19.1 Å². The maximum atomic E-state index is 12.9. The molecule has 1 aromatic rings. The van der Waals surface area contributed by atoms with E-state index in [0.717, 1.165) is 25.6 Å². The van der Waals surface area contributed by atoms with E-state index in [-0.39, 0.29) is 5.82 Å². The molecule has 1 saturated carbocycles. The highest BCUT2D eigenvalue weighted by Gasteiger charge is 2.24. The van der Waals surface area contributed by atoms with Crippen LogP contribution in [-0.4, -0.2) is 26.3 Å². The highest BCUT2D eigenvalue weighted by Crippen LogP contribution is 2.22. The van der Waals surface area contributed by atoms with Crippen LogP contribution in [0.4, 0.5) is 4.39 Å². The third-order valence-corrected chi connectivity index (χ3v) is 3.89. The monoisotopic (exact) mass is 265 g/mol. The predicted octanol–water partition coefficient (Wildman–Crippen LogP) is 3.02. The summed E-state index contributed by atoms with van der Waals surface area (Å²) >= 11 is 0. The lowest BCUT2D eigenvalue weighted by Crippen LogP contribution is -2.31. The first-order valence-corrected chi connectivity index (χ1v) is 7.15. The number of benzene rings is 1. The van der Waals surface area contributed by atoms with Crippen LogP contribution in [0, 0.1) is 17.7 Å². The normalized spacial score (nSPS) is 18.3. The first kappa shape index (κ1) is 14.5. The molecule has 19 heavy (non-hydrogen) atoms. The summed E-state index contributed by atoms with van der Waals surface area (Å²) in [6.45, 7) is 4.02. The lowest BCUT2D eigenvalue weighted by molar-refractivity contribution is 0.128. The Hall–Kier alpha value is -0.930. The molecule has 0 heterocycles. The second-order valence-electron chi connectivity index (χ2n) is 5.71. The molecule has 1 aliphatic carbocycles. The fourth-order valence-electron chi connectivity index (χ4n) is 2.40.